The van der Waals surface area contributed by atoms with Crippen LogP contribution in [0.25, 0.3) is 0 Å². The maximum absolute atomic E-state index is 12.5. The summed E-state index contributed by atoms with van der Waals surface area (Å²) >= 11 is 1.60. The van der Waals surface area contributed by atoms with E-state index in [2.05, 4.69) is 29.0 Å². The molecule has 1 aromatic rings. The molecular formula is C18H30N4O4S. The molecule has 0 unspecified atom stereocenters. The lowest BCUT2D eigenvalue weighted by molar-refractivity contribution is -0.143. The summed E-state index contributed by atoms with van der Waals surface area (Å²) in [5, 5.41) is 5.81. The number of urea groups is 1. The number of aromatic nitrogens is 1. The summed E-state index contributed by atoms with van der Waals surface area (Å²) in [6.07, 6.45) is 0.500. The molecule has 0 spiro atoms. The summed E-state index contributed by atoms with van der Waals surface area (Å²) in [4.78, 5) is 32.9. The van der Waals surface area contributed by atoms with Crippen molar-refractivity contribution in [1.82, 2.24) is 20.1 Å². The van der Waals surface area contributed by atoms with Gasteiger partial charge in [0.15, 0.2) is 0 Å². The van der Waals surface area contributed by atoms with Gasteiger partial charge in [-0.15, -0.1) is 11.3 Å². The monoisotopic (exact) mass is 398 g/mol. The number of methoxy groups -OCH3 is 1. The summed E-state index contributed by atoms with van der Waals surface area (Å²) in [5.74, 6) is -0.0625. The molecule has 152 valence electrons. The zero-order valence-electron chi connectivity index (χ0n) is 16.6. The molecule has 1 atom stereocenters. The summed E-state index contributed by atoms with van der Waals surface area (Å²) < 4.78 is 10.2. The maximum atomic E-state index is 12.5. The first-order valence-electron chi connectivity index (χ1n) is 9.24. The van der Waals surface area contributed by atoms with Crippen molar-refractivity contribution in [2.75, 3.05) is 47.0 Å². The van der Waals surface area contributed by atoms with Crippen LogP contribution >= 0.6 is 11.3 Å². The van der Waals surface area contributed by atoms with Gasteiger partial charge in [0.1, 0.15) is 6.04 Å². The molecule has 1 fully saturated rings. The van der Waals surface area contributed by atoms with Crippen LogP contribution in [-0.4, -0.2) is 79.8 Å². The molecule has 1 aromatic heterocycles. The number of morpholine rings is 1. The number of ether oxygens (including phenoxy) is 2. The van der Waals surface area contributed by atoms with E-state index in [0.29, 0.717) is 38.6 Å². The summed E-state index contributed by atoms with van der Waals surface area (Å²) in [6.45, 7) is 8.35. The van der Waals surface area contributed by atoms with Crippen molar-refractivity contribution < 1.29 is 19.1 Å². The molecule has 2 heterocycles. The van der Waals surface area contributed by atoms with Crippen molar-refractivity contribution in [2.24, 2.45) is 0 Å². The third kappa shape index (κ3) is 6.75. The second-order valence-electron chi connectivity index (χ2n) is 6.96. The number of carbonyl (C=O) groups is 2. The van der Waals surface area contributed by atoms with Crippen LogP contribution < -0.4 is 5.32 Å². The Labute approximate surface area is 164 Å². The van der Waals surface area contributed by atoms with Crippen LogP contribution in [0.4, 0.5) is 4.79 Å². The van der Waals surface area contributed by atoms with E-state index in [-0.39, 0.29) is 6.03 Å². The molecule has 27 heavy (non-hydrogen) atoms. The molecule has 0 bridgehead atoms. The molecular weight excluding hydrogens is 368 g/mol. The van der Waals surface area contributed by atoms with Crippen LogP contribution in [-0.2, 0) is 20.8 Å². The second kappa shape index (κ2) is 10.6. The molecule has 8 nitrogen and oxygen atoms in total. The predicted octanol–water partition coefficient (Wildman–Crippen LogP) is 1.67. The normalized spacial score (nSPS) is 16.2. The summed E-state index contributed by atoms with van der Waals surface area (Å²) in [5.41, 5.74) is 0.851. The third-order valence-electron chi connectivity index (χ3n) is 4.43. The van der Waals surface area contributed by atoms with E-state index in [1.165, 1.54) is 12.0 Å². The number of carbonyl (C=O) groups excluding carboxylic acids is 2. The molecule has 2 rings (SSSR count). The Bertz CT molecular complexity index is 616. The molecule has 0 aromatic carbocycles. The molecule has 0 radical (unpaired) electrons. The van der Waals surface area contributed by atoms with Crippen molar-refractivity contribution >= 4 is 23.3 Å². The van der Waals surface area contributed by atoms with E-state index >= 15 is 0 Å². The molecule has 0 aliphatic carbocycles. The molecule has 1 aliphatic rings. The van der Waals surface area contributed by atoms with E-state index in [9.17, 15) is 9.59 Å². The molecule has 1 aliphatic heterocycles. The van der Waals surface area contributed by atoms with Gasteiger partial charge in [-0.25, -0.2) is 14.6 Å². The van der Waals surface area contributed by atoms with E-state index in [0.717, 1.165) is 23.8 Å². The van der Waals surface area contributed by atoms with Gasteiger partial charge in [-0.2, -0.15) is 0 Å². The lowest BCUT2D eigenvalue weighted by Crippen LogP contribution is -2.48. The number of rotatable bonds is 8. The third-order valence-corrected chi connectivity index (χ3v) is 5.62. The average molecular weight is 399 g/mol. The van der Waals surface area contributed by atoms with E-state index in [1.807, 2.05) is 5.38 Å². The molecule has 1 N–H and O–H groups in total. The fourth-order valence-electron chi connectivity index (χ4n) is 2.76. The van der Waals surface area contributed by atoms with Crippen LogP contribution in [0.2, 0.25) is 0 Å². The Morgan fingerprint density at radius 2 is 2.11 bits per heavy atom. The minimum Gasteiger partial charge on any atom is -0.467 e. The zero-order valence-corrected chi connectivity index (χ0v) is 17.4. The Morgan fingerprint density at radius 1 is 1.41 bits per heavy atom. The molecule has 2 amide bonds. The Balaban J connectivity index is 1.87. The van der Waals surface area contributed by atoms with Gasteiger partial charge in [-0.3, -0.25) is 4.90 Å². The van der Waals surface area contributed by atoms with Gasteiger partial charge in [0.05, 0.1) is 37.6 Å². The highest BCUT2D eigenvalue weighted by atomic mass is 32.1. The first-order chi connectivity index (χ1) is 12.9. The number of thiazole rings is 1. The fraction of sp³-hybridized carbons (Fsp3) is 0.722. The smallest absolute Gasteiger partial charge is 0.328 e. The van der Waals surface area contributed by atoms with Crippen LogP contribution in [0.15, 0.2) is 5.38 Å². The first-order valence-corrected chi connectivity index (χ1v) is 10.1. The lowest BCUT2D eigenvalue weighted by Gasteiger charge is -2.28. The highest BCUT2D eigenvalue weighted by Crippen LogP contribution is 2.19. The topological polar surface area (TPSA) is 84.0 Å². The predicted molar refractivity (Wildman–Crippen MR) is 104 cm³/mol. The quantitative estimate of drug-likeness (QED) is 0.671. The van der Waals surface area contributed by atoms with E-state index < -0.39 is 12.0 Å². The second-order valence-corrected chi connectivity index (χ2v) is 7.85. The van der Waals surface area contributed by atoms with Crippen molar-refractivity contribution in [3.63, 3.8) is 0 Å². The van der Waals surface area contributed by atoms with Gasteiger partial charge >= 0.3 is 12.0 Å². The minimum atomic E-state index is -0.672. The Kier molecular flexibility index (Phi) is 8.46. The first kappa shape index (κ1) is 21.6. The minimum absolute atomic E-state index is 0.313. The fourth-order valence-corrected chi connectivity index (χ4v) is 3.59. The van der Waals surface area contributed by atoms with Crippen molar-refractivity contribution in [3.8, 4) is 0 Å². The van der Waals surface area contributed by atoms with Crippen LogP contribution in [0.5, 0.6) is 0 Å². The molecule has 9 heteroatoms. The highest BCUT2D eigenvalue weighted by Gasteiger charge is 2.24. The molecule has 0 saturated carbocycles. The number of hydrogen-bond donors (Lipinski definition) is 1. The van der Waals surface area contributed by atoms with Crippen molar-refractivity contribution in [3.05, 3.63) is 16.1 Å². The van der Waals surface area contributed by atoms with E-state index in [4.69, 9.17) is 9.47 Å². The number of nitrogens with zero attached hydrogens (tertiary/aromatic N) is 3. The Hall–Kier alpha value is -1.71. The molecule has 1 saturated heterocycles. The van der Waals surface area contributed by atoms with Crippen LogP contribution in [0.1, 0.15) is 36.9 Å². The summed E-state index contributed by atoms with van der Waals surface area (Å²) in [6, 6.07) is -0.985. The average Bonchev–Trinajstić information content (AvgIpc) is 3.13. The number of hydrogen-bond acceptors (Lipinski definition) is 7. The van der Waals surface area contributed by atoms with Gasteiger partial charge in [0.25, 0.3) is 0 Å². The largest absolute Gasteiger partial charge is 0.467 e. The number of amides is 2. The maximum Gasteiger partial charge on any atom is 0.328 e. The van der Waals surface area contributed by atoms with Gasteiger partial charge in [0.2, 0.25) is 0 Å². The lowest BCUT2D eigenvalue weighted by atomic mass is 10.2. The van der Waals surface area contributed by atoms with Gasteiger partial charge in [-0.1, -0.05) is 13.8 Å². The van der Waals surface area contributed by atoms with E-state index in [1.54, 1.807) is 18.4 Å². The summed E-state index contributed by atoms with van der Waals surface area (Å²) in [7, 11) is 3.03. The van der Waals surface area contributed by atoms with Gasteiger partial charge < -0.3 is 19.7 Å². The zero-order chi connectivity index (χ0) is 19.8. The SMILES string of the molecule is COC(=O)[C@H](CCN1CCOCC1)NC(=O)N(C)Cc1csc(C(C)C)n1. The van der Waals surface area contributed by atoms with Crippen LogP contribution in [0.3, 0.4) is 0 Å². The number of esters is 1. The van der Waals surface area contributed by atoms with Gasteiger partial charge in [-0.05, 0) is 6.42 Å². The standard InChI is InChI=1S/C18H30N4O4S/c1-13(2)16-19-14(12-27-16)11-21(3)18(24)20-15(17(23)25-4)5-6-22-7-9-26-10-8-22/h12-13,15H,5-11H2,1-4H3,(H,20,24)/t15-/m0/s1. The highest BCUT2D eigenvalue weighted by molar-refractivity contribution is 7.09. The van der Waals surface area contributed by atoms with Gasteiger partial charge in [0, 0.05) is 38.0 Å². The Morgan fingerprint density at radius 3 is 2.70 bits per heavy atom. The van der Waals surface area contributed by atoms with Crippen LogP contribution in [0, 0.1) is 0 Å². The van der Waals surface area contributed by atoms with Crippen molar-refractivity contribution in [1.29, 1.82) is 0 Å². The number of nitrogens with one attached hydrogen (secondary N) is 1. The van der Waals surface area contributed by atoms with Crippen molar-refractivity contribution in [2.45, 2.75) is 38.8 Å².